The van der Waals surface area contributed by atoms with E-state index >= 15 is 0 Å². The smallest absolute Gasteiger partial charge is 0.0159 e. The van der Waals surface area contributed by atoms with Crippen LogP contribution in [-0.2, 0) is 6.42 Å². The zero-order valence-electron chi connectivity index (χ0n) is 8.92. The molecule has 0 bridgehead atoms. The molecule has 1 fully saturated rings. The summed E-state index contributed by atoms with van der Waals surface area (Å²) in [5.74, 6) is 1.73. The molecule has 0 aromatic heterocycles. The summed E-state index contributed by atoms with van der Waals surface area (Å²) in [5, 5.41) is 0. The second-order valence-electron chi connectivity index (χ2n) is 4.98. The van der Waals surface area contributed by atoms with E-state index in [-0.39, 0.29) is 0 Å². The van der Waals surface area contributed by atoms with Gasteiger partial charge >= 0.3 is 0 Å². The van der Waals surface area contributed by atoms with Crippen molar-refractivity contribution < 1.29 is 0 Å². The maximum Gasteiger partial charge on any atom is -0.0159 e. The Hall–Kier alpha value is -0.780. The van der Waals surface area contributed by atoms with Crippen LogP contribution in [0.25, 0.3) is 0 Å². The zero-order valence-corrected chi connectivity index (χ0v) is 8.92. The molecule has 0 nitrogen and oxygen atoms in total. The molecule has 0 aliphatic heterocycles. The van der Waals surface area contributed by atoms with Crippen molar-refractivity contribution in [1.82, 2.24) is 0 Å². The monoisotopic (exact) mass is 186 g/mol. The van der Waals surface area contributed by atoms with Crippen molar-refractivity contribution in [1.29, 1.82) is 0 Å². The van der Waals surface area contributed by atoms with Gasteiger partial charge in [-0.1, -0.05) is 25.1 Å². The Morgan fingerprint density at radius 2 is 1.86 bits per heavy atom. The minimum Gasteiger partial charge on any atom is -0.0617 e. The molecule has 3 rings (SSSR count). The SMILES string of the molecule is CC1CCCc2c1cccc2C1CC1. The zero-order chi connectivity index (χ0) is 9.54. The molecular formula is C14H18. The summed E-state index contributed by atoms with van der Waals surface area (Å²) in [7, 11) is 0. The Bertz CT molecular complexity index is 333. The summed E-state index contributed by atoms with van der Waals surface area (Å²) in [5.41, 5.74) is 5.06. The van der Waals surface area contributed by atoms with Crippen LogP contribution >= 0.6 is 0 Å². The van der Waals surface area contributed by atoms with Crippen LogP contribution in [0.15, 0.2) is 18.2 Å². The van der Waals surface area contributed by atoms with E-state index in [1.165, 1.54) is 32.1 Å². The Labute approximate surface area is 86.3 Å². The molecule has 0 heteroatoms. The number of hydrogen-bond acceptors (Lipinski definition) is 0. The van der Waals surface area contributed by atoms with Crippen molar-refractivity contribution in [3.05, 3.63) is 34.9 Å². The molecule has 14 heavy (non-hydrogen) atoms. The van der Waals surface area contributed by atoms with Gasteiger partial charge in [0.25, 0.3) is 0 Å². The van der Waals surface area contributed by atoms with Gasteiger partial charge in [-0.3, -0.25) is 0 Å². The molecule has 1 aromatic carbocycles. The lowest BCUT2D eigenvalue weighted by Crippen LogP contribution is -2.09. The van der Waals surface area contributed by atoms with Gasteiger partial charge in [-0.05, 0) is 60.6 Å². The van der Waals surface area contributed by atoms with Crippen LogP contribution in [0.5, 0.6) is 0 Å². The van der Waals surface area contributed by atoms with Crippen molar-refractivity contribution in [2.24, 2.45) is 0 Å². The van der Waals surface area contributed by atoms with Crippen LogP contribution in [0.4, 0.5) is 0 Å². The van der Waals surface area contributed by atoms with E-state index in [9.17, 15) is 0 Å². The Balaban J connectivity index is 2.09. The van der Waals surface area contributed by atoms with E-state index in [1.54, 1.807) is 16.7 Å². The molecule has 0 amide bonds. The van der Waals surface area contributed by atoms with Crippen LogP contribution in [0.2, 0.25) is 0 Å². The quantitative estimate of drug-likeness (QED) is 0.621. The number of hydrogen-bond donors (Lipinski definition) is 0. The highest BCUT2D eigenvalue weighted by Gasteiger charge is 2.28. The third-order valence-electron chi connectivity index (χ3n) is 3.86. The molecule has 1 saturated carbocycles. The lowest BCUT2D eigenvalue weighted by atomic mass is 9.81. The van der Waals surface area contributed by atoms with Gasteiger partial charge in [-0.15, -0.1) is 0 Å². The van der Waals surface area contributed by atoms with Gasteiger partial charge in [0, 0.05) is 0 Å². The Morgan fingerprint density at radius 1 is 1.07 bits per heavy atom. The third-order valence-corrected chi connectivity index (χ3v) is 3.86. The van der Waals surface area contributed by atoms with Gasteiger partial charge < -0.3 is 0 Å². The van der Waals surface area contributed by atoms with Crippen molar-refractivity contribution in [2.75, 3.05) is 0 Å². The first-order valence-corrected chi connectivity index (χ1v) is 5.98. The van der Waals surface area contributed by atoms with E-state index in [2.05, 4.69) is 25.1 Å². The molecule has 0 saturated heterocycles. The van der Waals surface area contributed by atoms with E-state index in [1.807, 2.05) is 0 Å². The predicted molar refractivity (Wildman–Crippen MR) is 59.8 cm³/mol. The highest BCUT2D eigenvalue weighted by Crippen LogP contribution is 2.45. The number of fused-ring (bicyclic) bond motifs is 1. The maximum atomic E-state index is 2.38. The summed E-state index contributed by atoms with van der Waals surface area (Å²) in [6.45, 7) is 2.38. The first kappa shape index (κ1) is 8.52. The highest BCUT2D eigenvalue weighted by atomic mass is 14.3. The first-order chi connectivity index (χ1) is 6.86. The molecule has 2 aliphatic carbocycles. The van der Waals surface area contributed by atoms with E-state index in [0.29, 0.717) is 0 Å². The average molecular weight is 186 g/mol. The number of benzene rings is 1. The largest absolute Gasteiger partial charge is 0.0617 e. The molecular weight excluding hydrogens is 168 g/mol. The minimum absolute atomic E-state index is 0.803. The topological polar surface area (TPSA) is 0 Å². The lowest BCUT2D eigenvalue weighted by molar-refractivity contribution is 0.586. The lowest BCUT2D eigenvalue weighted by Gasteiger charge is -2.24. The van der Waals surface area contributed by atoms with Gasteiger partial charge in [-0.25, -0.2) is 0 Å². The average Bonchev–Trinajstić information content (AvgIpc) is 3.01. The minimum atomic E-state index is 0.803. The van der Waals surface area contributed by atoms with Gasteiger partial charge in [0.1, 0.15) is 0 Å². The number of rotatable bonds is 1. The summed E-state index contributed by atoms with van der Waals surface area (Å²) in [6.07, 6.45) is 7.00. The highest BCUT2D eigenvalue weighted by molar-refractivity contribution is 5.42. The van der Waals surface area contributed by atoms with Crippen LogP contribution in [0.1, 0.15) is 61.1 Å². The standard InChI is InChI=1S/C14H18/c1-10-4-2-7-14-12(10)5-3-6-13(14)11-8-9-11/h3,5-6,10-11H,2,4,7-9H2,1H3. The van der Waals surface area contributed by atoms with Gasteiger partial charge in [0.05, 0.1) is 0 Å². The molecule has 0 spiro atoms. The van der Waals surface area contributed by atoms with E-state index < -0.39 is 0 Å². The van der Waals surface area contributed by atoms with Crippen LogP contribution in [0, 0.1) is 0 Å². The molecule has 2 aliphatic rings. The summed E-state index contributed by atoms with van der Waals surface area (Å²) in [6, 6.07) is 6.99. The summed E-state index contributed by atoms with van der Waals surface area (Å²) >= 11 is 0. The van der Waals surface area contributed by atoms with Crippen LogP contribution in [0.3, 0.4) is 0 Å². The first-order valence-electron chi connectivity index (χ1n) is 5.98. The summed E-state index contributed by atoms with van der Waals surface area (Å²) < 4.78 is 0. The normalized spacial score (nSPS) is 25.9. The van der Waals surface area contributed by atoms with Crippen LogP contribution < -0.4 is 0 Å². The van der Waals surface area contributed by atoms with E-state index in [4.69, 9.17) is 0 Å². The second kappa shape index (κ2) is 3.12. The van der Waals surface area contributed by atoms with Crippen molar-refractivity contribution in [3.63, 3.8) is 0 Å². The predicted octanol–water partition coefficient (Wildman–Crippen LogP) is 4.00. The van der Waals surface area contributed by atoms with Crippen LogP contribution in [-0.4, -0.2) is 0 Å². The molecule has 0 heterocycles. The molecule has 1 atom stereocenters. The van der Waals surface area contributed by atoms with Gasteiger partial charge in [-0.2, -0.15) is 0 Å². The molecule has 0 radical (unpaired) electrons. The molecule has 1 aromatic rings. The van der Waals surface area contributed by atoms with Crippen molar-refractivity contribution >= 4 is 0 Å². The fourth-order valence-electron chi connectivity index (χ4n) is 2.89. The maximum absolute atomic E-state index is 2.38. The molecule has 74 valence electrons. The molecule has 1 unspecified atom stereocenters. The van der Waals surface area contributed by atoms with Gasteiger partial charge in [0.15, 0.2) is 0 Å². The molecule has 0 N–H and O–H groups in total. The van der Waals surface area contributed by atoms with Crippen molar-refractivity contribution in [3.8, 4) is 0 Å². The second-order valence-corrected chi connectivity index (χ2v) is 4.98. The Kier molecular flexibility index (Phi) is 1.90. The van der Waals surface area contributed by atoms with Crippen molar-refractivity contribution in [2.45, 2.75) is 50.9 Å². The summed E-state index contributed by atoms with van der Waals surface area (Å²) in [4.78, 5) is 0. The fraction of sp³-hybridized carbons (Fsp3) is 0.571. The third kappa shape index (κ3) is 1.28. The van der Waals surface area contributed by atoms with E-state index in [0.717, 1.165) is 11.8 Å². The van der Waals surface area contributed by atoms with Gasteiger partial charge in [0.2, 0.25) is 0 Å². The Morgan fingerprint density at radius 3 is 2.64 bits per heavy atom. The fourth-order valence-corrected chi connectivity index (χ4v) is 2.89.